The average Bonchev–Trinajstić information content (AvgIpc) is 2.60. The predicted molar refractivity (Wildman–Crippen MR) is 111 cm³/mol. The van der Waals surface area contributed by atoms with Crippen LogP contribution in [0.4, 0.5) is 0 Å². The van der Waals surface area contributed by atoms with E-state index in [0.29, 0.717) is 0 Å². The maximum atomic E-state index is 5.23. The Morgan fingerprint density at radius 1 is 0.500 bits per heavy atom. The van der Waals surface area contributed by atoms with E-state index in [1.54, 1.807) is 0 Å². The summed E-state index contributed by atoms with van der Waals surface area (Å²) < 4.78 is 0. The van der Waals surface area contributed by atoms with Crippen LogP contribution in [0.15, 0.2) is 54.7 Å². The maximum Gasteiger partial charge on any atom is -0.0348 e. The lowest BCUT2D eigenvalue weighted by atomic mass is 10.0. The Kier molecular flexibility index (Phi) is 20.5. The van der Waals surface area contributed by atoms with Crippen molar-refractivity contribution in [2.75, 3.05) is 0 Å². The van der Waals surface area contributed by atoms with Gasteiger partial charge in [0.2, 0.25) is 0 Å². The van der Waals surface area contributed by atoms with Crippen LogP contribution in [0.2, 0.25) is 0 Å². The molecule has 0 aliphatic heterocycles. The second kappa shape index (κ2) is 21.7. The molecule has 0 nitrogen and oxygen atoms in total. The summed E-state index contributed by atoms with van der Waals surface area (Å²) in [6.45, 7) is 7.52. The van der Waals surface area contributed by atoms with Gasteiger partial charge in [-0.25, -0.2) is 0 Å². The first-order valence-electron chi connectivity index (χ1n) is 10.1. The molecule has 0 saturated heterocycles. The number of unbranched alkanes of at least 4 members (excludes halogenated alkanes) is 12. The van der Waals surface area contributed by atoms with Crippen molar-refractivity contribution < 1.29 is 0 Å². The highest BCUT2D eigenvalue weighted by molar-refractivity contribution is 5.16. The highest BCUT2D eigenvalue weighted by Crippen LogP contribution is 2.12. The van der Waals surface area contributed by atoms with E-state index in [2.05, 4.69) is 25.2 Å². The Morgan fingerprint density at radius 3 is 1.42 bits per heavy atom. The van der Waals surface area contributed by atoms with Gasteiger partial charge in [-0.15, -0.1) is 0 Å². The molecule has 0 saturated carbocycles. The lowest BCUT2D eigenvalue weighted by Crippen LogP contribution is -1.82. The van der Waals surface area contributed by atoms with E-state index in [0.717, 1.165) is 0 Å². The first-order valence-corrected chi connectivity index (χ1v) is 10.1. The largest absolute Gasteiger partial charge is 0.0845 e. The molecule has 0 aromatic heterocycles. The summed E-state index contributed by atoms with van der Waals surface area (Å²) in [5.41, 5.74) is 0. The van der Waals surface area contributed by atoms with Gasteiger partial charge in [0.1, 0.15) is 0 Å². The Bertz CT molecular complexity index is 354. The highest BCUT2D eigenvalue weighted by atomic mass is 14.0. The van der Waals surface area contributed by atoms with Gasteiger partial charge in [0, 0.05) is 0 Å². The summed E-state index contributed by atoms with van der Waals surface area (Å²) in [4.78, 5) is 0. The van der Waals surface area contributed by atoms with E-state index in [-0.39, 0.29) is 0 Å². The SMILES string of the molecule is [CH]=CC=CC=CC=CC=CCCCCCCCCCCCCCC. The van der Waals surface area contributed by atoms with Crippen molar-refractivity contribution in [2.24, 2.45) is 0 Å². The molecule has 0 amide bonds. The maximum absolute atomic E-state index is 5.23. The van der Waals surface area contributed by atoms with Crippen LogP contribution in [0.3, 0.4) is 0 Å². The molecule has 24 heavy (non-hydrogen) atoms. The van der Waals surface area contributed by atoms with Gasteiger partial charge in [0.25, 0.3) is 0 Å². The van der Waals surface area contributed by atoms with Gasteiger partial charge in [-0.2, -0.15) is 0 Å². The second-order valence-corrected chi connectivity index (χ2v) is 6.45. The van der Waals surface area contributed by atoms with Crippen LogP contribution >= 0.6 is 0 Å². The summed E-state index contributed by atoms with van der Waals surface area (Å²) in [6.07, 6.45) is 36.0. The van der Waals surface area contributed by atoms with Gasteiger partial charge in [-0.05, 0) is 12.8 Å². The fourth-order valence-electron chi connectivity index (χ4n) is 2.66. The molecule has 1 radical (unpaired) electrons. The summed E-state index contributed by atoms with van der Waals surface area (Å²) in [6, 6.07) is 0. The van der Waals surface area contributed by atoms with Crippen LogP contribution in [0.25, 0.3) is 0 Å². The normalized spacial score (nSPS) is 12.4. The molecule has 0 spiro atoms. The van der Waals surface area contributed by atoms with Gasteiger partial charge in [0.05, 0.1) is 0 Å². The summed E-state index contributed by atoms with van der Waals surface area (Å²) in [5, 5.41) is 0. The summed E-state index contributed by atoms with van der Waals surface area (Å²) in [5.74, 6) is 0. The van der Waals surface area contributed by atoms with E-state index >= 15 is 0 Å². The molecule has 0 bridgehead atoms. The Hall–Kier alpha value is -1.30. The second-order valence-electron chi connectivity index (χ2n) is 6.45. The third-order valence-electron chi connectivity index (χ3n) is 4.14. The van der Waals surface area contributed by atoms with Gasteiger partial charge < -0.3 is 0 Å². The van der Waals surface area contributed by atoms with Crippen LogP contribution in [-0.2, 0) is 0 Å². The minimum atomic E-state index is 1.20. The van der Waals surface area contributed by atoms with Crippen LogP contribution in [0.5, 0.6) is 0 Å². The van der Waals surface area contributed by atoms with Crippen LogP contribution in [0.1, 0.15) is 90.4 Å². The Balaban J connectivity index is 3.23. The van der Waals surface area contributed by atoms with Gasteiger partial charge in [0.15, 0.2) is 0 Å². The molecule has 0 heteroatoms. The van der Waals surface area contributed by atoms with Crippen molar-refractivity contribution in [1.82, 2.24) is 0 Å². The number of allylic oxidation sites excluding steroid dienone is 9. The van der Waals surface area contributed by atoms with Crippen molar-refractivity contribution in [3.8, 4) is 0 Å². The van der Waals surface area contributed by atoms with E-state index in [1.165, 1.54) is 89.5 Å². The molecule has 0 aliphatic rings. The fourth-order valence-corrected chi connectivity index (χ4v) is 2.66. The molecule has 0 fully saturated rings. The first-order chi connectivity index (χ1) is 11.9. The minimum absolute atomic E-state index is 1.20. The molecule has 0 N–H and O–H groups in total. The average molecular weight is 328 g/mol. The molecule has 0 atom stereocenters. The van der Waals surface area contributed by atoms with Gasteiger partial charge in [-0.1, -0.05) is 139 Å². The van der Waals surface area contributed by atoms with Crippen molar-refractivity contribution in [1.29, 1.82) is 0 Å². The molecule has 0 rings (SSSR count). The monoisotopic (exact) mass is 327 g/mol. The molecule has 0 aromatic rings. The predicted octanol–water partition coefficient (Wildman–Crippen LogP) is 8.29. The molecule has 135 valence electrons. The van der Waals surface area contributed by atoms with E-state index in [1.807, 2.05) is 30.4 Å². The number of rotatable bonds is 17. The van der Waals surface area contributed by atoms with Gasteiger partial charge in [-0.3, -0.25) is 0 Å². The Labute approximate surface area is 152 Å². The van der Waals surface area contributed by atoms with Crippen molar-refractivity contribution in [2.45, 2.75) is 90.4 Å². The van der Waals surface area contributed by atoms with E-state index in [9.17, 15) is 0 Å². The number of hydrogen-bond acceptors (Lipinski definition) is 0. The first kappa shape index (κ1) is 22.7. The third-order valence-corrected chi connectivity index (χ3v) is 4.14. The highest BCUT2D eigenvalue weighted by Gasteiger charge is 1.92. The van der Waals surface area contributed by atoms with Crippen LogP contribution < -0.4 is 0 Å². The zero-order valence-corrected chi connectivity index (χ0v) is 16.0. The quantitative estimate of drug-likeness (QED) is 0.186. The molecule has 0 unspecified atom stereocenters. The minimum Gasteiger partial charge on any atom is -0.0845 e. The lowest BCUT2D eigenvalue weighted by molar-refractivity contribution is 0.545. The Morgan fingerprint density at radius 2 is 0.917 bits per heavy atom. The number of hydrogen-bond donors (Lipinski definition) is 0. The molecule has 0 aromatic carbocycles. The summed E-state index contributed by atoms with van der Waals surface area (Å²) >= 11 is 0. The smallest absolute Gasteiger partial charge is 0.0348 e. The summed E-state index contributed by atoms with van der Waals surface area (Å²) in [7, 11) is 0. The van der Waals surface area contributed by atoms with Crippen LogP contribution in [-0.4, -0.2) is 0 Å². The molecule has 0 heterocycles. The zero-order valence-electron chi connectivity index (χ0n) is 16.0. The third kappa shape index (κ3) is 20.7. The van der Waals surface area contributed by atoms with Crippen molar-refractivity contribution in [3.05, 3.63) is 61.3 Å². The molecular formula is C24H39. The van der Waals surface area contributed by atoms with E-state index < -0.39 is 0 Å². The van der Waals surface area contributed by atoms with Crippen molar-refractivity contribution in [3.63, 3.8) is 0 Å². The van der Waals surface area contributed by atoms with Gasteiger partial charge >= 0.3 is 0 Å². The zero-order chi connectivity index (χ0) is 17.6. The fraction of sp³-hybridized carbons (Fsp3) is 0.583. The van der Waals surface area contributed by atoms with Crippen molar-refractivity contribution >= 4 is 0 Å². The lowest BCUT2D eigenvalue weighted by Gasteiger charge is -2.02. The van der Waals surface area contributed by atoms with E-state index in [4.69, 9.17) is 6.58 Å². The van der Waals surface area contributed by atoms with Crippen LogP contribution in [0, 0.1) is 6.58 Å². The standard InChI is InChI=1S/C24H39/c1-3-5-7-9-11-13-15-17-19-21-23-24-22-20-18-16-14-12-10-8-6-4-2/h1,3,5,7,9,11,13,15,17,19H,4,6,8,10,12,14,16,18,20-24H2,2H3. The molecule has 0 aliphatic carbocycles. The topological polar surface area (TPSA) is 0 Å². The molecular weight excluding hydrogens is 288 g/mol.